The minimum absolute atomic E-state index is 0.582. The maximum atomic E-state index is 6.44. The highest BCUT2D eigenvalue weighted by Gasteiger charge is 2.29. The predicted molar refractivity (Wildman–Crippen MR) is 593 cm³/mol. The van der Waals surface area contributed by atoms with Gasteiger partial charge in [0.05, 0.1) is 66.2 Å². The highest BCUT2D eigenvalue weighted by atomic mass is 16.3. The van der Waals surface area contributed by atoms with Crippen LogP contribution in [0, 0.1) is 0 Å². The molecule has 0 saturated carbocycles. The van der Waals surface area contributed by atoms with E-state index in [9.17, 15) is 0 Å². The summed E-state index contributed by atoms with van der Waals surface area (Å²) < 4.78 is 20.4. The van der Waals surface area contributed by atoms with Crippen molar-refractivity contribution in [3.63, 3.8) is 0 Å². The molecule has 0 radical (unpaired) electrons. The molecule has 0 bridgehead atoms. The van der Waals surface area contributed by atoms with Gasteiger partial charge in [0.2, 0.25) is 11.9 Å². The summed E-state index contributed by atoms with van der Waals surface area (Å²) in [5.74, 6) is 4.39. The van der Waals surface area contributed by atoms with E-state index < -0.39 is 0 Å². The Hall–Kier alpha value is -19.9. The molecule has 0 N–H and O–H groups in total. The lowest BCUT2D eigenvalue weighted by molar-refractivity contribution is 0.667. The summed E-state index contributed by atoms with van der Waals surface area (Å²) in [7, 11) is 0. The van der Waals surface area contributed by atoms with Gasteiger partial charge in [0.25, 0.3) is 0 Å². The number of furan rings is 1. The number of aromatic nitrogens is 14. The van der Waals surface area contributed by atoms with E-state index in [0.29, 0.717) is 46.6 Å². The summed E-state index contributed by atoms with van der Waals surface area (Å²) in [6, 6.07) is 174. The highest BCUT2D eigenvalue weighted by molar-refractivity contribution is 6.29. The molecule has 0 amide bonds. The summed E-state index contributed by atoms with van der Waals surface area (Å²) in [5, 5.41) is 15.3. The molecular formula is C130H82N14O. The number of fused-ring (bicyclic) bond motifs is 24. The number of para-hydroxylation sites is 9. The average molecular weight is 1860 g/mol. The molecule has 0 saturated heterocycles. The summed E-state index contributed by atoms with van der Waals surface area (Å²) in [6.07, 6.45) is 0. The van der Waals surface area contributed by atoms with E-state index in [1.54, 1.807) is 0 Å². The molecule has 0 spiro atoms. The van der Waals surface area contributed by atoms with Crippen LogP contribution in [0.1, 0.15) is 0 Å². The van der Waals surface area contributed by atoms with Crippen molar-refractivity contribution in [3.05, 3.63) is 497 Å². The third kappa shape index (κ3) is 14.0. The lowest BCUT2D eigenvalue weighted by Crippen LogP contribution is -2.06. The van der Waals surface area contributed by atoms with Crippen molar-refractivity contribution >= 4 is 153 Å². The molecule has 0 unspecified atom stereocenters. The van der Waals surface area contributed by atoms with Gasteiger partial charge in [-0.05, 0) is 126 Å². The Balaban J connectivity index is 0.000000106. The van der Waals surface area contributed by atoms with E-state index in [4.69, 9.17) is 44.3 Å². The molecule has 20 aromatic carbocycles. The molecule has 0 aliphatic rings. The van der Waals surface area contributed by atoms with Gasteiger partial charge in [0.1, 0.15) is 16.8 Å². The third-order valence-corrected chi connectivity index (χ3v) is 28.1. The zero-order chi connectivity index (χ0) is 95.5. The monoisotopic (exact) mass is 1850 g/mol. The lowest BCUT2D eigenvalue weighted by Gasteiger charge is -2.12. The van der Waals surface area contributed by atoms with Crippen LogP contribution < -0.4 is 0 Å². The van der Waals surface area contributed by atoms with Gasteiger partial charge < -0.3 is 22.7 Å². The normalized spacial score (nSPS) is 11.7. The zero-order valence-electron chi connectivity index (χ0n) is 78.0. The van der Waals surface area contributed by atoms with Crippen LogP contribution in [0.5, 0.6) is 0 Å². The third-order valence-electron chi connectivity index (χ3n) is 28.1. The number of benzene rings is 20. The zero-order valence-corrected chi connectivity index (χ0v) is 78.0. The molecule has 10 aromatic heterocycles. The van der Waals surface area contributed by atoms with E-state index in [1.165, 1.54) is 70.8 Å². The van der Waals surface area contributed by atoms with Crippen molar-refractivity contribution in [2.45, 2.75) is 0 Å². The molecule has 678 valence electrons. The Labute approximate surface area is 830 Å². The van der Waals surface area contributed by atoms with Gasteiger partial charge in [-0.3, -0.25) is 9.13 Å². The summed E-state index contributed by atoms with van der Waals surface area (Å²) in [5.41, 5.74) is 29.2. The molecular weight excluding hydrogens is 1770 g/mol. The van der Waals surface area contributed by atoms with Crippen LogP contribution in [0.3, 0.4) is 0 Å². The molecule has 0 aliphatic heterocycles. The van der Waals surface area contributed by atoms with Gasteiger partial charge in [0, 0.05) is 126 Å². The maximum Gasteiger partial charge on any atom is 0.238 e. The van der Waals surface area contributed by atoms with Crippen molar-refractivity contribution in [2.24, 2.45) is 0 Å². The van der Waals surface area contributed by atoms with Crippen molar-refractivity contribution in [1.29, 1.82) is 0 Å². The van der Waals surface area contributed by atoms with Gasteiger partial charge in [-0.15, -0.1) is 0 Å². The predicted octanol–water partition coefficient (Wildman–Crippen LogP) is 32.4. The van der Waals surface area contributed by atoms with Crippen molar-refractivity contribution in [2.75, 3.05) is 0 Å². The van der Waals surface area contributed by atoms with Crippen molar-refractivity contribution in [1.82, 2.24) is 67.3 Å². The number of hydrogen-bond donors (Lipinski definition) is 0. The fourth-order valence-corrected chi connectivity index (χ4v) is 21.7. The Morgan fingerprint density at radius 3 is 0.793 bits per heavy atom. The lowest BCUT2D eigenvalue weighted by atomic mass is 10.1. The number of hydrogen-bond acceptors (Lipinski definition) is 9. The second-order valence-corrected chi connectivity index (χ2v) is 36.4. The van der Waals surface area contributed by atoms with Gasteiger partial charge in [-0.25, -0.2) is 19.9 Å². The maximum absolute atomic E-state index is 6.44. The number of nitrogens with zero attached hydrogens (tertiary/aromatic N) is 14. The molecule has 0 fully saturated rings. The van der Waals surface area contributed by atoms with Crippen LogP contribution in [0.4, 0.5) is 0 Å². The molecule has 0 atom stereocenters. The van der Waals surface area contributed by atoms with Crippen LogP contribution in [0.25, 0.3) is 267 Å². The standard InChI is InChI=1S/C46H28N4O.C45H29N5.C39H25N5/c1-3-13-30(14-4-1)46-47-42(45-43(48-46)36-19-9-12-22-40(36)51-45)29-23-25-32(26-24-29)50-37-20-10-7-17-33(37)34-27-28-39-41(44(34)50)35-18-8-11-21-38(35)49(39)31-15-5-2-6-16-31;1-4-14-30(15-5-1)31-24-26-34(27-25-31)49-38-22-12-10-20-35(38)36-28-29-40-41(42(36)49)37-21-11-13-23-39(37)50(40)45-47-43(32-16-6-2-7-17-32)46-44(48-45)33-18-8-3-9-19-33;1-4-14-26(15-5-1)37-40-38(27-16-6-2-7-17-27)42-39(41-37)44-32-22-12-10-20-29(32)30-24-25-34-35(36(30)44)31-21-11-13-23-33(31)43(34)28-18-8-3-9-19-28/h1-28H;1-29H;1-25H. The average Bonchev–Trinajstić information content (AvgIpc) is 1.55. The van der Waals surface area contributed by atoms with Crippen molar-refractivity contribution < 1.29 is 4.42 Å². The van der Waals surface area contributed by atoms with E-state index in [1.807, 2.05) is 170 Å². The van der Waals surface area contributed by atoms with Crippen LogP contribution in [-0.2, 0) is 0 Å². The molecule has 145 heavy (non-hydrogen) atoms. The van der Waals surface area contributed by atoms with Crippen LogP contribution in [-0.4, -0.2) is 67.3 Å². The molecule has 10 heterocycles. The molecule has 30 rings (SSSR count). The summed E-state index contributed by atoms with van der Waals surface area (Å²) in [4.78, 5) is 40.7. The largest absolute Gasteiger partial charge is 0.452 e. The van der Waals surface area contributed by atoms with E-state index >= 15 is 0 Å². The molecule has 15 heteroatoms. The topological polar surface area (TPSA) is 146 Å². The fraction of sp³-hybridized carbons (Fsp3) is 0. The van der Waals surface area contributed by atoms with Crippen LogP contribution in [0.15, 0.2) is 502 Å². The first-order chi connectivity index (χ1) is 72.0. The Morgan fingerprint density at radius 1 is 0.152 bits per heavy atom. The SMILES string of the molecule is c1ccc(-c2ccc(-n3c4ccccc4c4ccc5c(c6ccccc6n5-c5nc(-c6ccccc6)nc(-c6ccccc6)n5)c43)cc2)cc1.c1ccc(-c2nc(-c3ccc(-n4c5ccccc5c5ccc6c(c7ccccc7n6-c6ccccc6)c54)cc3)c3oc4ccccc4c3n2)cc1.c1ccc(-c2nc(-c3ccccc3)nc(-n3c4ccccc4c4ccc5c(c6ccccc6n5-c5ccccc5)c43)n2)cc1. The first kappa shape index (κ1) is 83.3. The van der Waals surface area contributed by atoms with Crippen LogP contribution >= 0.6 is 0 Å². The molecule has 15 nitrogen and oxygen atoms in total. The first-order valence-electron chi connectivity index (χ1n) is 48.7. The number of rotatable bonds is 13. The van der Waals surface area contributed by atoms with Gasteiger partial charge >= 0.3 is 0 Å². The second-order valence-electron chi connectivity index (χ2n) is 36.4. The second kappa shape index (κ2) is 34.6. The quantitative estimate of drug-likeness (QED) is 0.110. The first-order valence-corrected chi connectivity index (χ1v) is 48.7. The summed E-state index contributed by atoms with van der Waals surface area (Å²) >= 11 is 0. The Morgan fingerprint density at radius 2 is 0.414 bits per heavy atom. The van der Waals surface area contributed by atoms with E-state index in [2.05, 4.69) is 355 Å². The van der Waals surface area contributed by atoms with Crippen LogP contribution in [0.2, 0.25) is 0 Å². The van der Waals surface area contributed by atoms with E-state index in [0.717, 1.165) is 150 Å². The van der Waals surface area contributed by atoms with Gasteiger partial charge in [-0.1, -0.05) is 382 Å². The van der Waals surface area contributed by atoms with Crippen molar-refractivity contribution in [3.8, 4) is 114 Å². The summed E-state index contributed by atoms with van der Waals surface area (Å²) in [6.45, 7) is 0. The smallest absolute Gasteiger partial charge is 0.238 e. The fourth-order valence-electron chi connectivity index (χ4n) is 21.7. The van der Waals surface area contributed by atoms with E-state index in [-0.39, 0.29) is 0 Å². The van der Waals surface area contributed by atoms with Gasteiger partial charge in [0.15, 0.2) is 34.7 Å². The van der Waals surface area contributed by atoms with Gasteiger partial charge in [-0.2, -0.15) is 19.9 Å². The highest BCUT2D eigenvalue weighted by Crippen LogP contribution is 2.48. The molecule has 0 aliphatic carbocycles. The molecule has 30 aromatic rings. The minimum Gasteiger partial charge on any atom is -0.452 e. The Bertz CT molecular complexity index is 10200. The minimum atomic E-state index is 0.582. The Kier molecular flexibility index (Phi) is 19.9.